The molecule has 0 radical (unpaired) electrons. The van der Waals surface area contributed by atoms with Crippen LogP contribution < -0.4 is 10.1 Å². The Bertz CT molecular complexity index is 727. The number of hydrogen-bond acceptors (Lipinski definition) is 5. The summed E-state index contributed by atoms with van der Waals surface area (Å²) in [7, 11) is 1.56. The van der Waals surface area contributed by atoms with E-state index in [-0.39, 0.29) is 17.5 Å². The average molecular weight is 298 g/mol. The molecule has 1 saturated heterocycles. The lowest BCUT2D eigenvalue weighted by Gasteiger charge is -2.02. The number of carbonyl (C=O) groups excluding carboxylic acids is 1. The summed E-state index contributed by atoms with van der Waals surface area (Å²) in [4.78, 5) is 23.0. The summed E-state index contributed by atoms with van der Waals surface area (Å²) >= 11 is 0. The highest BCUT2D eigenvalue weighted by molar-refractivity contribution is 6.02. The summed E-state index contributed by atoms with van der Waals surface area (Å²) in [5, 5.41) is 14.1. The van der Waals surface area contributed by atoms with Gasteiger partial charge in [-0.2, -0.15) is 0 Å². The largest absolute Gasteiger partial charge is 0.497 e. The van der Waals surface area contributed by atoms with E-state index in [4.69, 9.17) is 4.74 Å². The second kappa shape index (κ2) is 5.57. The fourth-order valence-electron chi connectivity index (χ4n) is 2.49. The van der Waals surface area contributed by atoms with Crippen molar-refractivity contribution in [3.05, 3.63) is 69.8 Å². The number of carbonyl (C=O) groups is 1. The van der Waals surface area contributed by atoms with E-state index in [1.807, 2.05) is 0 Å². The van der Waals surface area contributed by atoms with E-state index in [0.717, 1.165) is 0 Å². The van der Waals surface area contributed by atoms with Crippen LogP contribution in [-0.2, 0) is 0 Å². The summed E-state index contributed by atoms with van der Waals surface area (Å²) in [6.07, 6.45) is 0. The second-order valence-electron chi connectivity index (χ2n) is 5.03. The number of benzene rings is 2. The SMILES string of the molecule is COc1ccc(C(=O)[C@@H]2N[C@H]2c2ccccc2[N+](=O)[O-])cc1. The van der Waals surface area contributed by atoms with Gasteiger partial charge in [-0.05, 0) is 24.3 Å². The fraction of sp³-hybridized carbons (Fsp3) is 0.188. The van der Waals surface area contributed by atoms with Crippen LogP contribution in [0.2, 0.25) is 0 Å². The zero-order valence-corrected chi connectivity index (χ0v) is 11.9. The first-order chi connectivity index (χ1) is 10.6. The predicted molar refractivity (Wildman–Crippen MR) is 80.1 cm³/mol. The molecule has 0 unspecified atom stereocenters. The van der Waals surface area contributed by atoms with Crippen LogP contribution in [0.3, 0.4) is 0 Å². The normalized spacial score (nSPS) is 19.5. The molecule has 2 atom stereocenters. The molecule has 6 heteroatoms. The van der Waals surface area contributed by atoms with E-state index in [9.17, 15) is 14.9 Å². The van der Waals surface area contributed by atoms with Gasteiger partial charge in [-0.15, -0.1) is 0 Å². The number of methoxy groups -OCH3 is 1. The molecule has 0 aliphatic carbocycles. The average Bonchev–Trinajstić information content (AvgIpc) is 3.34. The second-order valence-corrected chi connectivity index (χ2v) is 5.03. The van der Waals surface area contributed by atoms with Crippen LogP contribution in [0.1, 0.15) is 22.0 Å². The van der Waals surface area contributed by atoms with Crippen LogP contribution in [0.4, 0.5) is 5.69 Å². The Labute approximate surface area is 126 Å². The molecule has 6 nitrogen and oxygen atoms in total. The number of hydrogen-bond donors (Lipinski definition) is 1. The number of rotatable bonds is 5. The predicted octanol–water partition coefficient (Wildman–Crippen LogP) is 2.50. The van der Waals surface area contributed by atoms with Gasteiger partial charge in [0.25, 0.3) is 5.69 Å². The van der Waals surface area contributed by atoms with E-state index in [2.05, 4.69) is 5.32 Å². The maximum Gasteiger partial charge on any atom is 0.274 e. The topological polar surface area (TPSA) is 91.4 Å². The molecule has 2 aromatic rings. The number of nitro groups is 1. The van der Waals surface area contributed by atoms with E-state index in [0.29, 0.717) is 16.9 Å². The lowest BCUT2D eigenvalue weighted by Crippen LogP contribution is -2.10. The van der Waals surface area contributed by atoms with Gasteiger partial charge in [0.15, 0.2) is 5.78 Å². The van der Waals surface area contributed by atoms with E-state index >= 15 is 0 Å². The zero-order valence-electron chi connectivity index (χ0n) is 11.9. The molecule has 1 N–H and O–H groups in total. The Balaban J connectivity index is 1.79. The van der Waals surface area contributed by atoms with Crippen molar-refractivity contribution in [1.29, 1.82) is 0 Å². The molecule has 0 spiro atoms. The van der Waals surface area contributed by atoms with Gasteiger partial charge in [0.1, 0.15) is 5.75 Å². The molecule has 1 aliphatic heterocycles. The van der Waals surface area contributed by atoms with Crippen molar-refractivity contribution in [2.24, 2.45) is 0 Å². The molecule has 1 fully saturated rings. The van der Waals surface area contributed by atoms with Gasteiger partial charge in [-0.3, -0.25) is 20.2 Å². The third kappa shape index (κ3) is 2.56. The first kappa shape index (κ1) is 14.2. The van der Waals surface area contributed by atoms with E-state index in [1.165, 1.54) is 6.07 Å². The maximum absolute atomic E-state index is 12.4. The van der Waals surface area contributed by atoms with Gasteiger partial charge in [-0.25, -0.2) is 0 Å². The highest BCUT2D eigenvalue weighted by Gasteiger charge is 2.46. The number of ketones is 1. The Hall–Kier alpha value is -2.73. The minimum atomic E-state index is -0.426. The minimum Gasteiger partial charge on any atom is -0.497 e. The number of nitrogens with one attached hydrogen (secondary N) is 1. The molecule has 1 aliphatic rings. The molecule has 112 valence electrons. The lowest BCUT2D eigenvalue weighted by molar-refractivity contribution is -0.385. The van der Waals surface area contributed by atoms with Gasteiger partial charge in [0.05, 0.1) is 24.1 Å². The van der Waals surface area contributed by atoms with E-state index < -0.39 is 11.0 Å². The molecule has 3 rings (SSSR count). The van der Waals surface area contributed by atoms with Crippen LogP contribution in [0.5, 0.6) is 5.75 Å². The Kier molecular flexibility index (Phi) is 3.60. The third-order valence-electron chi connectivity index (χ3n) is 3.71. The van der Waals surface area contributed by atoms with Crippen LogP contribution in [0.25, 0.3) is 0 Å². The molecule has 0 amide bonds. The maximum atomic E-state index is 12.4. The van der Waals surface area contributed by atoms with Crippen LogP contribution in [0, 0.1) is 10.1 Å². The first-order valence-corrected chi connectivity index (χ1v) is 6.79. The summed E-state index contributed by atoms with van der Waals surface area (Å²) in [5.74, 6) is 0.598. The number of Topliss-reactive ketones (excluding diaryl/α,β-unsaturated/α-hetero) is 1. The van der Waals surface area contributed by atoms with Gasteiger partial charge in [-0.1, -0.05) is 18.2 Å². The zero-order chi connectivity index (χ0) is 15.7. The Morgan fingerprint density at radius 2 is 1.86 bits per heavy atom. The Morgan fingerprint density at radius 3 is 2.50 bits per heavy atom. The third-order valence-corrected chi connectivity index (χ3v) is 3.71. The number of ether oxygens (including phenoxy) is 1. The van der Waals surface area contributed by atoms with Gasteiger partial charge in [0, 0.05) is 17.2 Å². The van der Waals surface area contributed by atoms with E-state index in [1.54, 1.807) is 49.6 Å². The molecular formula is C16H14N2O4. The standard InChI is InChI=1S/C16H14N2O4/c1-22-11-8-6-10(7-9-11)16(19)15-14(17-15)12-4-2-3-5-13(12)18(20)21/h2-9,14-15,17H,1H3/t14-,15+/m0/s1. The molecule has 0 aromatic heterocycles. The lowest BCUT2D eigenvalue weighted by atomic mass is 10.0. The summed E-state index contributed by atoms with van der Waals surface area (Å²) in [6.45, 7) is 0. The number of para-hydroxylation sites is 1. The molecule has 1 heterocycles. The van der Waals surface area contributed by atoms with Crippen molar-refractivity contribution in [3.8, 4) is 5.75 Å². The van der Waals surface area contributed by atoms with Crippen molar-refractivity contribution in [1.82, 2.24) is 5.32 Å². The van der Waals surface area contributed by atoms with Crippen LogP contribution in [-0.4, -0.2) is 23.9 Å². The highest BCUT2D eigenvalue weighted by Crippen LogP contribution is 2.37. The summed E-state index contributed by atoms with van der Waals surface area (Å²) in [6, 6.07) is 12.6. The smallest absolute Gasteiger partial charge is 0.274 e. The Morgan fingerprint density at radius 1 is 1.18 bits per heavy atom. The molecule has 22 heavy (non-hydrogen) atoms. The molecule has 2 aromatic carbocycles. The highest BCUT2D eigenvalue weighted by atomic mass is 16.6. The van der Waals surface area contributed by atoms with Crippen LogP contribution >= 0.6 is 0 Å². The summed E-state index contributed by atoms with van der Waals surface area (Å²) < 4.78 is 5.06. The van der Waals surface area contributed by atoms with Crippen molar-refractivity contribution in [2.45, 2.75) is 12.1 Å². The van der Waals surface area contributed by atoms with Crippen molar-refractivity contribution in [3.63, 3.8) is 0 Å². The summed E-state index contributed by atoms with van der Waals surface area (Å²) in [5.41, 5.74) is 1.13. The fourth-order valence-corrected chi connectivity index (χ4v) is 2.49. The molecule has 0 bridgehead atoms. The van der Waals surface area contributed by atoms with Gasteiger partial charge < -0.3 is 4.74 Å². The first-order valence-electron chi connectivity index (χ1n) is 6.79. The van der Waals surface area contributed by atoms with Gasteiger partial charge >= 0.3 is 0 Å². The van der Waals surface area contributed by atoms with Crippen LogP contribution in [0.15, 0.2) is 48.5 Å². The monoisotopic (exact) mass is 298 g/mol. The number of nitrogens with zero attached hydrogens (tertiary/aromatic N) is 1. The molecular weight excluding hydrogens is 284 g/mol. The van der Waals surface area contributed by atoms with Crippen molar-refractivity contribution < 1.29 is 14.5 Å². The number of nitro benzene ring substituents is 1. The van der Waals surface area contributed by atoms with Crippen molar-refractivity contribution in [2.75, 3.05) is 7.11 Å². The quantitative estimate of drug-likeness (QED) is 0.396. The molecule has 0 saturated carbocycles. The van der Waals surface area contributed by atoms with Gasteiger partial charge in [0.2, 0.25) is 0 Å². The van der Waals surface area contributed by atoms with Crippen molar-refractivity contribution >= 4 is 11.5 Å². The minimum absolute atomic E-state index is 0.0324.